The van der Waals surface area contributed by atoms with Crippen LogP contribution in [0.3, 0.4) is 0 Å². The molecule has 0 radical (unpaired) electrons. The fourth-order valence-electron chi connectivity index (χ4n) is 4.29. The van der Waals surface area contributed by atoms with Gasteiger partial charge < -0.3 is 0 Å². The van der Waals surface area contributed by atoms with Crippen molar-refractivity contribution in [1.29, 1.82) is 0 Å². The highest BCUT2D eigenvalue weighted by atomic mass is 32.2. The van der Waals surface area contributed by atoms with Crippen LogP contribution in [0.2, 0.25) is 0 Å². The standard InChI is InChI=1S/C26H24N2O2S/c29-31(30,28-16-6-1-7-17-28)23-14-12-22(13-15-23)27-19-26-24-10-4-2-8-20(24)18-21-9-3-5-11-25(21)26/h2-5,8-15,18-19H,1,6-7,16-17H2. The third-order valence-corrected chi connectivity index (χ3v) is 7.86. The molecule has 5 heteroatoms. The zero-order chi connectivity index (χ0) is 21.3. The van der Waals surface area contributed by atoms with E-state index in [2.05, 4.69) is 35.3 Å². The third kappa shape index (κ3) is 3.87. The zero-order valence-electron chi connectivity index (χ0n) is 17.2. The van der Waals surface area contributed by atoms with Crippen molar-refractivity contribution in [2.45, 2.75) is 24.2 Å². The van der Waals surface area contributed by atoms with Gasteiger partial charge in [0, 0.05) is 24.9 Å². The van der Waals surface area contributed by atoms with E-state index in [1.807, 2.05) is 30.5 Å². The van der Waals surface area contributed by atoms with Crippen LogP contribution in [0, 0.1) is 0 Å². The lowest BCUT2D eigenvalue weighted by Gasteiger charge is -2.25. The predicted molar refractivity (Wildman–Crippen MR) is 128 cm³/mol. The van der Waals surface area contributed by atoms with Gasteiger partial charge in [-0.05, 0) is 64.7 Å². The molecule has 31 heavy (non-hydrogen) atoms. The molecule has 1 saturated heterocycles. The van der Waals surface area contributed by atoms with Gasteiger partial charge in [0.15, 0.2) is 0 Å². The molecule has 1 fully saturated rings. The summed E-state index contributed by atoms with van der Waals surface area (Å²) in [5.74, 6) is 0. The van der Waals surface area contributed by atoms with Crippen molar-refractivity contribution >= 4 is 43.5 Å². The maximum atomic E-state index is 12.9. The van der Waals surface area contributed by atoms with Gasteiger partial charge in [0.1, 0.15) is 0 Å². The maximum Gasteiger partial charge on any atom is 0.243 e. The molecular weight excluding hydrogens is 404 g/mol. The predicted octanol–water partition coefficient (Wildman–Crippen LogP) is 5.92. The molecule has 0 aromatic heterocycles. The SMILES string of the molecule is O=S(=O)(c1ccc(N=Cc2c3ccccc3cc3ccccc23)cc1)N1CCCCC1. The van der Waals surface area contributed by atoms with Crippen molar-refractivity contribution in [3.63, 3.8) is 0 Å². The van der Waals surface area contributed by atoms with E-state index in [4.69, 9.17) is 0 Å². The fourth-order valence-corrected chi connectivity index (χ4v) is 5.80. The van der Waals surface area contributed by atoms with Crippen LogP contribution in [-0.2, 0) is 10.0 Å². The van der Waals surface area contributed by atoms with E-state index < -0.39 is 10.0 Å². The molecule has 0 saturated carbocycles. The number of fused-ring (bicyclic) bond motifs is 2. The Morgan fingerprint density at radius 1 is 0.742 bits per heavy atom. The van der Waals surface area contributed by atoms with Gasteiger partial charge in [-0.15, -0.1) is 0 Å². The molecule has 0 amide bonds. The van der Waals surface area contributed by atoms with Gasteiger partial charge in [-0.25, -0.2) is 8.42 Å². The molecule has 1 aliphatic heterocycles. The summed E-state index contributed by atoms with van der Waals surface area (Å²) >= 11 is 0. The van der Waals surface area contributed by atoms with E-state index in [1.54, 1.807) is 28.6 Å². The Morgan fingerprint density at radius 2 is 1.32 bits per heavy atom. The minimum Gasteiger partial charge on any atom is -0.256 e. The number of sulfonamides is 1. The lowest BCUT2D eigenvalue weighted by Crippen LogP contribution is -2.35. The monoisotopic (exact) mass is 428 g/mol. The number of piperidine rings is 1. The molecule has 1 aliphatic rings. The van der Waals surface area contributed by atoms with Gasteiger partial charge in [0.25, 0.3) is 0 Å². The van der Waals surface area contributed by atoms with Crippen LogP contribution in [-0.4, -0.2) is 32.0 Å². The molecule has 0 aliphatic carbocycles. The molecule has 0 spiro atoms. The first-order chi connectivity index (χ1) is 15.1. The number of nitrogens with zero attached hydrogens (tertiary/aromatic N) is 2. The van der Waals surface area contributed by atoms with Gasteiger partial charge in [0.05, 0.1) is 10.6 Å². The van der Waals surface area contributed by atoms with Crippen LogP contribution in [0.4, 0.5) is 5.69 Å². The first-order valence-electron chi connectivity index (χ1n) is 10.7. The van der Waals surface area contributed by atoms with Gasteiger partial charge in [-0.1, -0.05) is 55.0 Å². The number of hydrogen-bond donors (Lipinski definition) is 0. The average Bonchev–Trinajstić information content (AvgIpc) is 2.82. The second kappa shape index (κ2) is 8.25. The van der Waals surface area contributed by atoms with Crippen molar-refractivity contribution in [3.05, 3.63) is 84.4 Å². The molecule has 4 aromatic rings. The molecule has 156 valence electrons. The highest BCUT2D eigenvalue weighted by molar-refractivity contribution is 7.89. The summed E-state index contributed by atoms with van der Waals surface area (Å²) in [7, 11) is -3.42. The molecule has 4 aromatic carbocycles. The topological polar surface area (TPSA) is 49.7 Å². The summed E-state index contributed by atoms with van der Waals surface area (Å²) in [4.78, 5) is 5.02. The van der Waals surface area contributed by atoms with Crippen LogP contribution < -0.4 is 0 Å². The summed E-state index contributed by atoms with van der Waals surface area (Å²) in [5.41, 5.74) is 1.80. The largest absolute Gasteiger partial charge is 0.256 e. The smallest absolute Gasteiger partial charge is 0.243 e. The Balaban J connectivity index is 1.49. The molecule has 4 nitrogen and oxygen atoms in total. The van der Waals surface area contributed by atoms with Crippen LogP contribution in [0.15, 0.2) is 88.8 Å². The third-order valence-electron chi connectivity index (χ3n) is 5.95. The fraction of sp³-hybridized carbons (Fsp3) is 0.192. The Kier molecular flexibility index (Phi) is 5.30. The van der Waals surface area contributed by atoms with Crippen LogP contribution in [0.5, 0.6) is 0 Å². The molecule has 0 bridgehead atoms. The van der Waals surface area contributed by atoms with Crippen LogP contribution >= 0.6 is 0 Å². The summed E-state index contributed by atoms with van der Waals surface area (Å²) in [6.07, 6.45) is 4.85. The lowest BCUT2D eigenvalue weighted by atomic mass is 9.97. The summed E-state index contributed by atoms with van der Waals surface area (Å²) in [6, 6.07) is 25.7. The molecule has 5 rings (SSSR count). The van der Waals surface area contributed by atoms with E-state index in [0.717, 1.165) is 41.3 Å². The number of aliphatic imine (C=N–C) groups is 1. The second-order valence-corrected chi connectivity index (χ2v) is 9.89. The van der Waals surface area contributed by atoms with E-state index in [9.17, 15) is 8.42 Å². The quantitative estimate of drug-likeness (QED) is 0.299. The van der Waals surface area contributed by atoms with Gasteiger partial charge in [0.2, 0.25) is 10.0 Å². The second-order valence-electron chi connectivity index (χ2n) is 7.95. The lowest BCUT2D eigenvalue weighted by molar-refractivity contribution is 0.346. The zero-order valence-corrected chi connectivity index (χ0v) is 18.1. The van der Waals surface area contributed by atoms with Crippen molar-refractivity contribution in [2.75, 3.05) is 13.1 Å². The molecule has 1 heterocycles. The summed E-state index contributed by atoms with van der Waals surface area (Å²) in [6.45, 7) is 1.22. The minimum absolute atomic E-state index is 0.337. The van der Waals surface area contributed by atoms with Crippen LogP contribution in [0.25, 0.3) is 21.5 Å². The van der Waals surface area contributed by atoms with E-state index in [1.165, 1.54) is 10.8 Å². The Morgan fingerprint density at radius 3 is 1.94 bits per heavy atom. The summed E-state index contributed by atoms with van der Waals surface area (Å²) < 4.78 is 27.3. The number of hydrogen-bond acceptors (Lipinski definition) is 3. The van der Waals surface area contributed by atoms with E-state index in [-0.39, 0.29) is 0 Å². The Hall–Kier alpha value is -3.02. The molecule has 0 N–H and O–H groups in total. The van der Waals surface area contributed by atoms with Gasteiger partial charge in [-0.2, -0.15) is 4.31 Å². The van der Waals surface area contributed by atoms with Crippen molar-refractivity contribution in [2.24, 2.45) is 4.99 Å². The van der Waals surface area contributed by atoms with Gasteiger partial charge in [-0.3, -0.25) is 4.99 Å². The average molecular weight is 429 g/mol. The highest BCUT2D eigenvalue weighted by Crippen LogP contribution is 2.28. The number of rotatable bonds is 4. The number of benzene rings is 4. The van der Waals surface area contributed by atoms with Crippen LogP contribution in [0.1, 0.15) is 24.8 Å². The molecule has 0 unspecified atom stereocenters. The molecular formula is C26H24N2O2S. The van der Waals surface area contributed by atoms with Crippen molar-refractivity contribution in [3.8, 4) is 0 Å². The first-order valence-corrected chi connectivity index (χ1v) is 12.1. The maximum absolute atomic E-state index is 12.9. The van der Waals surface area contributed by atoms with Gasteiger partial charge >= 0.3 is 0 Å². The van der Waals surface area contributed by atoms with Crippen molar-refractivity contribution in [1.82, 2.24) is 4.31 Å². The first kappa shape index (κ1) is 19.9. The Labute approximate surface area is 182 Å². The molecule has 0 atom stereocenters. The normalized spacial score (nSPS) is 15.7. The Bertz CT molecular complexity index is 1320. The highest BCUT2D eigenvalue weighted by Gasteiger charge is 2.25. The van der Waals surface area contributed by atoms with E-state index in [0.29, 0.717) is 18.0 Å². The van der Waals surface area contributed by atoms with E-state index >= 15 is 0 Å². The van der Waals surface area contributed by atoms with Crippen molar-refractivity contribution < 1.29 is 8.42 Å². The minimum atomic E-state index is -3.42. The summed E-state index contributed by atoms with van der Waals surface area (Å²) in [5, 5.41) is 4.64.